The standard InChI is InChI=1S/C18H29N5O2/c1-3-5-17(24)21-14-6-4-7-23(12-14)18(25)16-10-19-9-15(16)13-8-20-22(2)11-13/h8,11,14-16,19H,3-7,9-10,12H2,1-2H3,(H,21,24)/t14?,15-,16+/m1/s1. The molecule has 7 nitrogen and oxygen atoms in total. The van der Waals surface area contributed by atoms with Crippen LogP contribution in [0.5, 0.6) is 0 Å². The van der Waals surface area contributed by atoms with Gasteiger partial charge >= 0.3 is 0 Å². The summed E-state index contributed by atoms with van der Waals surface area (Å²) in [7, 11) is 1.90. The second-order valence-corrected chi connectivity index (χ2v) is 7.26. The topological polar surface area (TPSA) is 79.3 Å². The third-order valence-electron chi connectivity index (χ3n) is 5.26. The Hall–Kier alpha value is -1.89. The summed E-state index contributed by atoms with van der Waals surface area (Å²) in [4.78, 5) is 26.9. The number of carbonyl (C=O) groups is 2. The van der Waals surface area contributed by atoms with Gasteiger partial charge in [-0.05, 0) is 24.8 Å². The van der Waals surface area contributed by atoms with Gasteiger partial charge in [-0.2, -0.15) is 5.10 Å². The molecule has 2 amide bonds. The Labute approximate surface area is 149 Å². The molecule has 0 aliphatic carbocycles. The fourth-order valence-electron chi connectivity index (χ4n) is 3.98. The fourth-order valence-corrected chi connectivity index (χ4v) is 3.98. The highest BCUT2D eigenvalue weighted by Crippen LogP contribution is 2.30. The Balaban J connectivity index is 1.62. The average molecular weight is 347 g/mol. The Bertz CT molecular complexity index is 614. The van der Waals surface area contributed by atoms with E-state index in [1.807, 2.05) is 31.3 Å². The maximum absolute atomic E-state index is 13.1. The van der Waals surface area contributed by atoms with E-state index >= 15 is 0 Å². The Kier molecular flexibility index (Phi) is 5.73. The number of nitrogens with one attached hydrogen (secondary N) is 2. The maximum atomic E-state index is 13.1. The maximum Gasteiger partial charge on any atom is 0.227 e. The third-order valence-corrected chi connectivity index (χ3v) is 5.26. The van der Waals surface area contributed by atoms with E-state index in [2.05, 4.69) is 15.7 Å². The van der Waals surface area contributed by atoms with Crippen molar-refractivity contribution < 1.29 is 9.59 Å². The lowest BCUT2D eigenvalue weighted by Crippen LogP contribution is -2.51. The molecular formula is C18H29N5O2. The molecule has 0 saturated carbocycles. The smallest absolute Gasteiger partial charge is 0.227 e. The van der Waals surface area contributed by atoms with E-state index in [0.717, 1.165) is 37.9 Å². The van der Waals surface area contributed by atoms with Crippen LogP contribution in [0.1, 0.15) is 44.1 Å². The summed E-state index contributed by atoms with van der Waals surface area (Å²) < 4.78 is 1.79. The summed E-state index contributed by atoms with van der Waals surface area (Å²) in [6.45, 7) is 4.94. The minimum absolute atomic E-state index is 0.0470. The predicted molar refractivity (Wildman–Crippen MR) is 95.0 cm³/mol. The third kappa shape index (κ3) is 4.21. The molecular weight excluding hydrogens is 318 g/mol. The number of aryl methyl sites for hydroxylation is 1. The zero-order chi connectivity index (χ0) is 17.8. The second kappa shape index (κ2) is 7.99. The first-order valence-corrected chi connectivity index (χ1v) is 9.36. The molecule has 3 rings (SSSR count). The number of likely N-dealkylation sites (tertiary alicyclic amines) is 1. The first-order chi connectivity index (χ1) is 12.1. The fraction of sp³-hybridized carbons (Fsp3) is 0.722. The lowest BCUT2D eigenvalue weighted by molar-refractivity contribution is -0.137. The summed E-state index contributed by atoms with van der Waals surface area (Å²) in [6.07, 6.45) is 7.17. The van der Waals surface area contributed by atoms with Gasteiger partial charge in [0.2, 0.25) is 11.8 Å². The molecule has 2 N–H and O–H groups in total. The number of amides is 2. The van der Waals surface area contributed by atoms with Crippen molar-refractivity contribution in [3.63, 3.8) is 0 Å². The second-order valence-electron chi connectivity index (χ2n) is 7.26. The van der Waals surface area contributed by atoms with Gasteiger partial charge < -0.3 is 15.5 Å². The van der Waals surface area contributed by atoms with Crippen LogP contribution in [0.3, 0.4) is 0 Å². The zero-order valence-electron chi connectivity index (χ0n) is 15.2. The Morgan fingerprint density at radius 1 is 1.40 bits per heavy atom. The summed E-state index contributed by atoms with van der Waals surface area (Å²) >= 11 is 0. The van der Waals surface area contributed by atoms with E-state index in [9.17, 15) is 9.59 Å². The molecule has 1 aromatic heterocycles. The number of carbonyl (C=O) groups excluding carboxylic acids is 2. The summed E-state index contributed by atoms with van der Waals surface area (Å²) in [5.74, 6) is 0.427. The van der Waals surface area contributed by atoms with E-state index in [1.54, 1.807) is 4.68 Å². The molecule has 1 unspecified atom stereocenters. The van der Waals surface area contributed by atoms with Gasteiger partial charge in [-0.1, -0.05) is 6.92 Å². The van der Waals surface area contributed by atoms with Crippen molar-refractivity contribution >= 4 is 11.8 Å². The van der Waals surface area contributed by atoms with Crippen molar-refractivity contribution in [1.29, 1.82) is 0 Å². The van der Waals surface area contributed by atoms with E-state index in [4.69, 9.17) is 0 Å². The molecule has 0 bridgehead atoms. The number of nitrogens with zero attached hydrogens (tertiary/aromatic N) is 3. The van der Waals surface area contributed by atoms with Gasteiger partial charge in [-0.3, -0.25) is 14.3 Å². The Morgan fingerprint density at radius 3 is 2.96 bits per heavy atom. The summed E-state index contributed by atoms with van der Waals surface area (Å²) in [5, 5.41) is 10.7. The minimum atomic E-state index is -0.0470. The molecule has 0 aromatic carbocycles. The average Bonchev–Trinajstić information content (AvgIpc) is 3.23. The van der Waals surface area contributed by atoms with Gasteiger partial charge in [0.15, 0.2) is 0 Å². The SMILES string of the molecule is CCCC(=O)NC1CCCN(C(=O)[C@H]2CNC[C@@H]2c2cnn(C)c2)C1. The molecule has 0 radical (unpaired) electrons. The molecule has 7 heteroatoms. The molecule has 2 fully saturated rings. The molecule has 2 saturated heterocycles. The van der Waals surface area contributed by atoms with Crippen molar-refractivity contribution in [2.45, 2.75) is 44.6 Å². The molecule has 25 heavy (non-hydrogen) atoms. The summed E-state index contributed by atoms with van der Waals surface area (Å²) in [5.41, 5.74) is 1.12. The number of hydrogen-bond donors (Lipinski definition) is 2. The van der Waals surface area contributed by atoms with Gasteiger partial charge in [-0.15, -0.1) is 0 Å². The van der Waals surface area contributed by atoms with Gasteiger partial charge in [0, 0.05) is 57.8 Å². The van der Waals surface area contributed by atoms with Gasteiger partial charge in [-0.25, -0.2) is 0 Å². The molecule has 1 aromatic rings. The first-order valence-electron chi connectivity index (χ1n) is 9.36. The molecule has 138 valence electrons. The van der Waals surface area contributed by atoms with Crippen LogP contribution >= 0.6 is 0 Å². The highest BCUT2D eigenvalue weighted by Gasteiger charge is 2.38. The molecule has 3 atom stereocenters. The van der Waals surface area contributed by atoms with Crippen molar-refractivity contribution in [3.05, 3.63) is 18.0 Å². The highest BCUT2D eigenvalue weighted by atomic mass is 16.2. The monoisotopic (exact) mass is 347 g/mol. The minimum Gasteiger partial charge on any atom is -0.352 e. The number of rotatable bonds is 5. The van der Waals surface area contributed by atoms with E-state index in [0.29, 0.717) is 19.5 Å². The lowest BCUT2D eigenvalue weighted by atomic mass is 9.89. The highest BCUT2D eigenvalue weighted by molar-refractivity contribution is 5.81. The van der Waals surface area contributed by atoms with Crippen molar-refractivity contribution in [1.82, 2.24) is 25.3 Å². The van der Waals surface area contributed by atoms with Crippen LogP contribution in [-0.2, 0) is 16.6 Å². The van der Waals surface area contributed by atoms with Crippen LogP contribution in [0.25, 0.3) is 0 Å². The van der Waals surface area contributed by atoms with Crippen molar-refractivity contribution in [2.75, 3.05) is 26.2 Å². The quantitative estimate of drug-likeness (QED) is 0.819. The zero-order valence-corrected chi connectivity index (χ0v) is 15.2. The largest absolute Gasteiger partial charge is 0.352 e. The number of piperidine rings is 1. The van der Waals surface area contributed by atoms with Crippen molar-refractivity contribution in [2.24, 2.45) is 13.0 Å². The molecule has 2 aliphatic rings. The van der Waals surface area contributed by atoms with Crippen molar-refractivity contribution in [3.8, 4) is 0 Å². The summed E-state index contributed by atoms with van der Waals surface area (Å²) in [6, 6.07) is 0.0861. The van der Waals surface area contributed by atoms with E-state index in [1.165, 1.54) is 0 Å². The van der Waals surface area contributed by atoms with Crippen LogP contribution in [0.4, 0.5) is 0 Å². The lowest BCUT2D eigenvalue weighted by Gasteiger charge is -2.35. The number of aromatic nitrogens is 2. The first kappa shape index (κ1) is 17.9. The molecule has 0 spiro atoms. The van der Waals surface area contributed by atoms with Gasteiger partial charge in [0.25, 0.3) is 0 Å². The van der Waals surface area contributed by atoms with Gasteiger partial charge in [0.05, 0.1) is 12.1 Å². The van der Waals surface area contributed by atoms with Gasteiger partial charge in [0.1, 0.15) is 0 Å². The van der Waals surface area contributed by atoms with Crippen LogP contribution in [0.15, 0.2) is 12.4 Å². The van der Waals surface area contributed by atoms with Crippen LogP contribution in [-0.4, -0.2) is 58.7 Å². The molecule has 3 heterocycles. The molecule has 2 aliphatic heterocycles. The van der Waals surface area contributed by atoms with Crippen LogP contribution < -0.4 is 10.6 Å². The normalized spacial score (nSPS) is 26.6. The van der Waals surface area contributed by atoms with E-state index in [-0.39, 0.29) is 29.7 Å². The number of hydrogen-bond acceptors (Lipinski definition) is 4. The van der Waals surface area contributed by atoms with E-state index < -0.39 is 0 Å². The Morgan fingerprint density at radius 2 is 2.24 bits per heavy atom. The predicted octanol–water partition coefficient (Wildman–Crippen LogP) is 0.630. The van der Waals surface area contributed by atoms with Crippen LogP contribution in [0.2, 0.25) is 0 Å². The van der Waals surface area contributed by atoms with Crippen LogP contribution in [0, 0.1) is 5.92 Å².